The fourth-order valence-corrected chi connectivity index (χ4v) is 2.75. The monoisotopic (exact) mass is 367 g/mol. The summed E-state index contributed by atoms with van der Waals surface area (Å²) in [4.78, 5) is 18.7. The summed E-state index contributed by atoms with van der Waals surface area (Å²) in [6.07, 6.45) is -0.346. The molecule has 0 spiro atoms. The van der Waals surface area contributed by atoms with Crippen LogP contribution >= 0.6 is 12.2 Å². The summed E-state index contributed by atoms with van der Waals surface area (Å²) in [5, 5.41) is 3.38. The van der Waals surface area contributed by atoms with Crippen LogP contribution in [0.25, 0.3) is 22.3 Å². The fraction of sp³-hybridized carbons (Fsp3) is 0.200. The lowest BCUT2D eigenvalue weighted by Crippen LogP contribution is -2.20. The Hall–Kier alpha value is -2.75. The topological polar surface area (TPSA) is 68.5 Å². The standard InChI is InChI=1S/C15H12F3N5OS/c1-3-4-23-12-11(13(24)21-14(23)25)9(15(16,17)18)5-10(20-12)8-6-19-22(2)7-8/h3,5-7H,1,4H2,2H3,(H,21,24,25). The van der Waals surface area contributed by atoms with Crippen molar-refractivity contribution in [2.24, 2.45) is 7.05 Å². The maximum atomic E-state index is 13.6. The molecule has 0 atom stereocenters. The number of rotatable bonds is 3. The Morgan fingerprint density at radius 1 is 1.44 bits per heavy atom. The molecule has 0 radical (unpaired) electrons. The first kappa shape index (κ1) is 17.1. The molecule has 0 fully saturated rings. The molecular weight excluding hydrogens is 355 g/mol. The smallest absolute Gasteiger partial charge is 0.299 e. The van der Waals surface area contributed by atoms with Crippen LogP contribution in [-0.4, -0.2) is 24.3 Å². The van der Waals surface area contributed by atoms with E-state index in [1.54, 1.807) is 7.05 Å². The molecule has 1 N–H and O–H groups in total. The van der Waals surface area contributed by atoms with Crippen molar-refractivity contribution >= 4 is 23.3 Å². The van der Waals surface area contributed by atoms with Crippen molar-refractivity contribution in [3.8, 4) is 11.3 Å². The van der Waals surface area contributed by atoms with Gasteiger partial charge in [0.2, 0.25) is 0 Å². The highest BCUT2D eigenvalue weighted by Gasteiger charge is 2.35. The van der Waals surface area contributed by atoms with Crippen LogP contribution in [0.15, 0.2) is 35.9 Å². The molecule has 0 saturated heterocycles. The lowest BCUT2D eigenvalue weighted by Gasteiger charge is -2.14. The summed E-state index contributed by atoms with van der Waals surface area (Å²) < 4.78 is 43.4. The fourth-order valence-electron chi connectivity index (χ4n) is 2.50. The third-order valence-electron chi connectivity index (χ3n) is 3.57. The van der Waals surface area contributed by atoms with Crippen LogP contribution in [0.5, 0.6) is 0 Å². The maximum Gasteiger partial charge on any atom is 0.417 e. The lowest BCUT2D eigenvalue weighted by atomic mass is 10.1. The van der Waals surface area contributed by atoms with Crippen LogP contribution in [0.1, 0.15) is 5.56 Å². The summed E-state index contributed by atoms with van der Waals surface area (Å²) in [5.41, 5.74) is -1.72. The summed E-state index contributed by atoms with van der Waals surface area (Å²) in [5.74, 6) is 0. The average Bonchev–Trinajstić information content (AvgIpc) is 2.96. The third kappa shape index (κ3) is 3.00. The van der Waals surface area contributed by atoms with E-state index in [2.05, 4.69) is 21.6 Å². The predicted molar refractivity (Wildman–Crippen MR) is 88.6 cm³/mol. The minimum atomic E-state index is -4.74. The molecule has 0 saturated carbocycles. The third-order valence-corrected chi connectivity index (χ3v) is 3.89. The van der Waals surface area contributed by atoms with E-state index in [4.69, 9.17) is 12.2 Å². The second-order valence-corrected chi connectivity index (χ2v) is 5.70. The van der Waals surface area contributed by atoms with Crippen LogP contribution < -0.4 is 5.56 Å². The van der Waals surface area contributed by atoms with E-state index >= 15 is 0 Å². The number of allylic oxidation sites excluding steroid dienone is 1. The molecule has 0 aliphatic heterocycles. The Bertz CT molecular complexity index is 1090. The zero-order valence-electron chi connectivity index (χ0n) is 13.0. The molecule has 3 aromatic rings. The predicted octanol–water partition coefficient (Wildman–Crippen LogP) is 3.06. The number of aromatic nitrogens is 5. The van der Waals surface area contributed by atoms with Gasteiger partial charge in [0.25, 0.3) is 5.56 Å². The molecule has 0 bridgehead atoms. The SMILES string of the molecule is C=CCn1c(=S)[nH]c(=O)c2c(C(F)(F)F)cc(-c3cnn(C)c3)nc21. The van der Waals surface area contributed by atoms with Crippen molar-refractivity contribution in [3.63, 3.8) is 0 Å². The zero-order valence-corrected chi connectivity index (χ0v) is 13.8. The maximum absolute atomic E-state index is 13.6. The molecule has 0 amide bonds. The van der Waals surface area contributed by atoms with Crippen molar-refractivity contribution in [3.05, 3.63) is 51.8 Å². The van der Waals surface area contributed by atoms with E-state index in [0.29, 0.717) is 5.56 Å². The van der Waals surface area contributed by atoms with Crippen LogP contribution in [0.2, 0.25) is 0 Å². The number of nitrogens with zero attached hydrogens (tertiary/aromatic N) is 4. The van der Waals surface area contributed by atoms with Crippen molar-refractivity contribution in [1.29, 1.82) is 0 Å². The number of hydrogen-bond acceptors (Lipinski definition) is 4. The summed E-state index contributed by atoms with van der Waals surface area (Å²) in [6.45, 7) is 3.66. The highest BCUT2D eigenvalue weighted by Crippen LogP contribution is 2.35. The van der Waals surface area contributed by atoms with Gasteiger partial charge in [-0.15, -0.1) is 6.58 Å². The van der Waals surface area contributed by atoms with Gasteiger partial charge in [0.1, 0.15) is 5.65 Å². The first-order chi connectivity index (χ1) is 11.7. The van der Waals surface area contributed by atoms with Crippen molar-refractivity contribution < 1.29 is 13.2 Å². The van der Waals surface area contributed by atoms with Gasteiger partial charge < -0.3 is 0 Å². The van der Waals surface area contributed by atoms with E-state index in [1.807, 2.05) is 0 Å². The Balaban J connectivity index is 2.50. The van der Waals surface area contributed by atoms with Crippen molar-refractivity contribution in [2.45, 2.75) is 12.7 Å². The molecule has 3 rings (SSSR count). The molecule has 0 aromatic carbocycles. The summed E-state index contributed by atoms with van der Waals surface area (Å²) >= 11 is 5.06. The number of aromatic amines is 1. The number of fused-ring (bicyclic) bond motifs is 1. The van der Waals surface area contributed by atoms with E-state index in [-0.39, 0.29) is 22.7 Å². The molecule has 3 aromatic heterocycles. The van der Waals surface area contributed by atoms with Crippen LogP contribution in [-0.2, 0) is 19.8 Å². The van der Waals surface area contributed by atoms with Gasteiger partial charge in [-0.3, -0.25) is 19.0 Å². The number of H-pyrrole nitrogens is 1. The zero-order chi connectivity index (χ0) is 18.4. The molecule has 130 valence electrons. The Labute approximate surface area is 144 Å². The number of aryl methyl sites for hydroxylation is 1. The normalized spacial score (nSPS) is 11.8. The largest absolute Gasteiger partial charge is 0.417 e. The van der Waals surface area contributed by atoms with Gasteiger partial charge >= 0.3 is 6.18 Å². The van der Waals surface area contributed by atoms with Crippen LogP contribution in [0.4, 0.5) is 13.2 Å². The minimum Gasteiger partial charge on any atom is -0.299 e. The molecule has 3 heterocycles. The number of pyridine rings is 1. The Morgan fingerprint density at radius 2 is 2.16 bits per heavy atom. The first-order valence-electron chi connectivity index (χ1n) is 7.07. The Morgan fingerprint density at radius 3 is 2.72 bits per heavy atom. The average molecular weight is 367 g/mol. The quantitative estimate of drug-likeness (QED) is 0.571. The van der Waals surface area contributed by atoms with E-state index < -0.39 is 22.7 Å². The van der Waals surface area contributed by atoms with Crippen LogP contribution in [0.3, 0.4) is 0 Å². The first-order valence-corrected chi connectivity index (χ1v) is 7.48. The lowest BCUT2D eigenvalue weighted by molar-refractivity contribution is -0.136. The van der Waals surface area contributed by atoms with Gasteiger partial charge in [-0.2, -0.15) is 18.3 Å². The van der Waals surface area contributed by atoms with Gasteiger partial charge in [0.05, 0.1) is 22.8 Å². The van der Waals surface area contributed by atoms with Crippen molar-refractivity contribution in [2.75, 3.05) is 0 Å². The summed E-state index contributed by atoms with van der Waals surface area (Å²) in [6, 6.07) is 0.843. The minimum absolute atomic E-state index is 0.0265. The highest BCUT2D eigenvalue weighted by atomic mass is 32.1. The molecule has 0 aliphatic carbocycles. The molecule has 0 unspecified atom stereocenters. The second kappa shape index (κ2) is 5.96. The van der Waals surface area contributed by atoms with Gasteiger partial charge in [-0.1, -0.05) is 6.08 Å². The van der Waals surface area contributed by atoms with Gasteiger partial charge in [0, 0.05) is 25.4 Å². The Kier molecular flexibility index (Phi) is 4.07. The van der Waals surface area contributed by atoms with Gasteiger partial charge in [-0.25, -0.2) is 4.98 Å². The van der Waals surface area contributed by atoms with E-state index in [9.17, 15) is 18.0 Å². The van der Waals surface area contributed by atoms with Crippen LogP contribution in [0, 0.1) is 4.77 Å². The molecule has 25 heavy (non-hydrogen) atoms. The van der Waals surface area contributed by atoms with Gasteiger partial charge in [0.15, 0.2) is 4.77 Å². The van der Waals surface area contributed by atoms with E-state index in [1.165, 1.54) is 27.7 Å². The molecule has 0 aliphatic rings. The molecule has 6 nitrogen and oxygen atoms in total. The van der Waals surface area contributed by atoms with Gasteiger partial charge in [-0.05, 0) is 18.3 Å². The number of hydrogen-bond donors (Lipinski definition) is 1. The summed E-state index contributed by atoms with van der Waals surface area (Å²) in [7, 11) is 1.64. The van der Waals surface area contributed by atoms with Crippen molar-refractivity contribution in [1.82, 2.24) is 24.3 Å². The second-order valence-electron chi connectivity index (χ2n) is 5.31. The van der Waals surface area contributed by atoms with E-state index in [0.717, 1.165) is 6.07 Å². The number of halogens is 3. The molecule has 10 heteroatoms. The number of alkyl halides is 3. The molecular formula is C15H12F3N5OS. The highest BCUT2D eigenvalue weighted by molar-refractivity contribution is 7.71. The number of nitrogens with one attached hydrogen (secondary N) is 1.